The Morgan fingerprint density at radius 1 is 0.973 bits per heavy atom. The Bertz CT molecular complexity index is 1600. The van der Waals surface area contributed by atoms with Gasteiger partial charge in [0.2, 0.25) is 5.91 Å². The van der Waals surface area contributed by atoms with Crippen LogP contribution >= 0.6 is 11.3 Å². The first-order chi connectivity index (χ1) is 18.1. The van der Waals surface area contributed by atoms with E-state index in [0.29, 0.717) is 31.4 Å². The largest absolute Gasteiger partial charge is 0.336 e. The lowest BCUT2D eigenvalue weighted by molar-refractivity contribution is -0.132. The van der Waals surface area contributed by atoms with E-state index in [1.165, 1.54) is 16.9 Å². The number of hydrogen-bond acceptors (Lipinski definition) is 4. The fourth-order valence-electron chi connectivity index (χ4n) is 5.28. The molecule has 0 saturated heterocycles. The van der Waals surface area contributed by atoms with Gasteiger partial charge in [-0.25, -0.2) is 4.98 Å². The molecule has 37 heavy (non-hydrogen) atoms. The molecule has 2 aromatic heterocycles. The maximum atomic E-state index is 13.9. The molecule has 184 valence electrons. The van der Waals surface area contributed by atoms with Crippen LogP contribution in [0.2, 0.25) is 0 Å². The second-order valence-corrected chi connectivity index (χ2v) is 10.7. The molecule has 1 amide bonds. The van der Waals surface area contributed by atoms with Gasteiger partial charge in [0.1, 0.15) is 4.83 Å². The van der Waals surface area contributed by atoms with Gasteiger partial charge in [0.05, 0.1) is 30.7 Å². The monoisotopic (exact) mass is 505 g/mol. The number of fused-ring (bicyclic) bond motifs is 3. The average Bonchev–Trinajstić information content (AvgIpc) is 3.30. The number of hydrogen-bond donors (Lipinski definition) is 0. The van der Waals surface area contributed by atoms with Crippen molar-refractivity contribution in [2.24, 2.45) is 0 Å². The van der Waals surface area contributed by atoms with Crippen LogP contribution in [0, 0.1) is 6.92 Å². The lowest BCUT2D eigenvalue weighted by Gasteiger charge is -2.31. The van der Waals surface area contributed by atoms with Crippen molar-refractivity contribution in [2.75, 3.05) is 6.54 Å². The molecule has 0 atom stereocenters. The van der Waals surface area contributed by atoms with Gasteiger partial charge in [-0.15, -0.1) is 11.3 Å². The molecule has 0 aliphatic carbocycles. The SMILES string of the molecule is Cc1cccc(Cn2cnc3sc4c(c3c2=O)CCN(C(=O)C(c2ccccc2)c2ccccc2)C4)c1. The normalized spacial score (nSPS) is 13.2. The van der Waals surface area contributed by atoms with Crippen LogP contribution in [0.3, 0.4) is 0 Å². The van der Waals surface area contributed by atoms with Crippen LogP contribution in [-0.4, -0.2) is 26.9 Å². The number of amides is 1. The predicted molar refractivity (Wildman–Crippen MR) is 148 cm³/mol. The molecule has 1 aliphatic rings. The minimum atomic E-state index is -0.358. The number of benzene rings is 3. The third kappa shape index (κ3) is 4.49. The van der Waals surface area contributed by atoms with Crippen molar-refractivity contribution in [2.45, 2.75) is 32.4 Å². The maximum absolute atomic E-state index is 13.9. The smallest absolute Gasteiger partial charge is 0.262 e. The summed E-state index contributed by atoms with van der Waals surface area (Å²) in [6, 6.07) is 28.1. The molecule has 5 nitrogen and oxygen atoms in total. The summed E-state index contributed by atoms with van der Waals surface area (Å²) in [6.07, 6.45) is 2.31. The molecule has 0 N–H and O–H groups in total. The van der Waals surface area contributed by atoms with Gasteiger partial charge in [-0.3, -0.25) is 14.2 Å². The fourth-order valence-corrected chi connectivity index (χ4v) is 6.47. The third-order valence-corrected chi connectivity index (χ3v) is 8.21. The summed E-state index contributed by atoms with van der Waals surface area (Å²) in [4.78, 5) is 35.8. The number of thiophene rings is 1. The first-order valence-electron chi connectivity index (χ1n) is 12.5. The first kappa shape index (κ1) is 23.4. The highest BCUT2D eigenvalue weighted by Gasteiger charge is 2.32. The van der Waals surface area contributed by atoms with E-state index in [2.05, 4.69) is 24.0 Å². The highest BCUT2D eigenvalue weighted by molar-refractivity contribution is 7.18. The molecule has 0 unspecified atom stereocenters. The molecule has 0 bridgehead atoms. The molecule has 6 rings (SSSR count). The highest BCUT2D eigenvalue weighted by atomic mass is 32.1. The molecule has 0 saturated carbocycles. The van der Waals surface area contributed by atoms with Gasteiger partial charge in [-0.05, 0) is 35.6 Å². The minimum Gasteiger partial charge on any atom is -0.336 e. The number of aromatic nitrogens is 2. The first-order valence-corrected chi connectivity index (χ1v) is 13.3. The van der Waals surface area contributed by atoms with E-state index in [-0.39, 0.29) is 17.4 Å². The summed E-state index contributed by atoms with van der Waals surface area (Å²) in [6.45, 7) is 3.63. The number of aryl methyl sites for hydroxylation is 1. The van der Waals surface area contributed by atoms with E-state index in [9.17, 15) is 9.59 Å². The van der Waals surface area contributed by atoms with Crippen LogP contribution in [0.5, 0.6) is 0 Å². The molecule has 0 fully saturated rings. The van der Waals surface area contributed by atoms with Gasteiger partial charge >= 0.3 is 0 Å². The summed E-state index contributed by atoms with van der Waals surface area (Å²) in [5, 5.41) is 0.713. The molecule has 1 aliphatic heterocycles. The predicted octanol–water partition coefficient (Wildman–Crippen LogP) is 5.53. The van der Waals surface area contributed by atoms with Crippen LogP contribution in [-0.2, 0) is 24.3 Å². The topological polar surface area (TPSA) is 55.2 Å². The van der Waals surface area contributed by atoms with E-state index in [1.807, 2.05) is 77.7 Å². The zero-order valence-corrected chi connectivity index (χ0v) is 21.4. The second kappa shape index (κ2) is 9.79. The quantitative estimate of drug-likeness (QED) is 0.316. The summed E-state index contributed by atoms with van der Waals surface area (Å²) in [5.74, 6) is -0.270. The van der Waals surface area contributed by atoms with E-state index in [1.54, 1.807) is 10.9 Å². The molecule has 0 radical (unpaired) electrons. The number of carbonyl (C=O) groups excluding carboxylic acids is 1. The molecule has 0 spiro atoms. The average molecular weight is 506 g/mol. The Balaban J connectivity index is 1.32. The highest BCUT2D eigenvalue weighted by Crippen LogP contribution is 2.35. The van der Waals surface area contributed by atoms with Crippen molar-refractivity contribution in [3.63, 3.8) is 0 Å². The number of rotatable bonds is 5. The lowest BCUT2D eigenvalue weighted by Crippen LogP contribution is -2.39. The van der Waals surface area contributed by atoms with Crippen LogP contribution in [0.25, 0.3) is 10.2 Å². The summed E-state index contributed by atoms with van der Waals surface area (Å²) >= 11 is 1.54. The van der Waals surface area contributed by atoms with E-state index in [0.717, 1.165) is 32.0 Å². The van der Waals surface area contributed by atoms with Gasteiger partial charge in [0.15, 0.2) is 0 Å². The van der Waals surface area contributed by atoms with Crippen molar-refractivity contribution in [3.8, 4) is 0 Å². The zero-order valence-electron chi connectivity index (χ0n) is 20.6. The second-order valence-electron chi connectivity index (χ2n) is 9.61. The van der Waals surface area contributed by atoms with E-state index in [4.69, 9.17) is 0 Å². The van der Waals surface area contributed by atoms with Crippen molar-refractivity contribution < 1.29 is 4.79 Å². The van der Waals surface area contributed by atoms with Crippen LogP contribution in [0.1, 0.15) is 38.6 Å². The molecule has 5 aromatic rings. The van der Waals surface area contributed by atoms with Gasteiger partial charge in [-0.1, -0.05) is 90.5 Å². The van der Waals surface area contributed by atoms with Gasteiger partial charge in [0, 0.05) is 11.4 Å². The fraction of sp³-hybridized carbons (Fsp3) is 0.194. The van der Waals surface area contributed by atoms with Crippen molar-refractivity contribution in [1.29, 1.82) is 0 Å². The minimum absolute atomic E-state index is 0.00442. The Kier molecular flexibility index (Phi) is 6.18. The van der Waals surface area contributed by atoms with E-state index < -0.39 is 0 Å². The Labute approximate surface area is 219 Å². The van der Waals surface area contributed by atoms with Crippen molar-refractivity contribution in [3.05, 3.63) is 134 Å². The molecule has 3 heterocycles. The molecule has 6 heteroatoms. The Morgan fingerprint density at radius 2 is 1.68 bits per heavy atom. The Hall–Kier alpha value is -4.03. The van der Waals surface area contributed by atoms with Gasteiger partial charge in [-0.2, -0.15) is 0 Å². The summed E-state index contributed by atoms with van der Waals surface area (Å²) < 4.78 is 1.70. The zero-order chi connectivity index (χ0) is 25.4. The molecule has 3 aromatic carbocycles. The Morgan fingerprint density at radius 3 is 2.35 bits per heavy atom. The number of carbonyl (C=O) groups is 1. The van der Waals surface area contributed by atoms with Crippen LogP contribution < -0.4 is 5.56 Å². The van der Waals surface area contributed by atoms with Crippen LogP contribution in [0.4, 0.5) is 0 Å². The molecular weight excluding hydrogens is 478 g/mol. The third-order valence-electron chi connectivity index (χ3n) is 7.09. The molecular formula is C31H27N3O2S. The lowest BCUT2D eigenvalue weighted by atomic mass is 9.89. The van der Waals surface area contributed by atoms with Crippen molar-refractivity contribution >= 4 is 27.5 Å². The van der Waals surface area contributed by atoms with Gasteiger partial charge < -0.3 is 4.90 Å². The maximum Gasteiger partial charge on any atom is 0.262 e. The van der Waals surface area contributed by atoms with Gasteiger partial charge in [0.25, 0.3) is 5.56 Å². The van der Waals surface area contributed by atoms with E-state index >= 15 is 0 Å². The summed E-state index contributed by atoms with van der Waals surface area (Å²) in [7, 11) is 0. The van der Waals surface area contributed by atoms with Crippen molar-refractivity contribution in [1.82, 2.24) is 14.5 Å². The number of nitrogens with zero attached hydrogens (tertiary/aromatic N) is 3. The van der Waals surface area contributed by atoms with Crippen LogP contribution in [0.15, 0.2) is 96.1 Å². The standard InChI is InChI=1S/C31H27N3O2S/c1-21-9-8-10-22(17-21)18-34-20-32-29-28(31(34)36)25-15-16-33(19-26(25)37-29)30(35)27(23-11-4-2-5-12-23)24-13-6-3-7-14-24/h2-14,17,20,27H,15-16,18-19H2,1H3. The summed E-state index contributed by atoms with van der Waals surface area (Å²) in [5.41, 5.74) is 5.27.